The standard InChI is InChI=1S/C13H23NO/c1-9-3-5-11(6-4-9)13(15)10(2)12-7-14-8-12/h9-12,14H,3-8H2,1-2H3. The van der Waals surface area contributed by atoms with Crippen LogP contribution in [0.3, 0.4) is 0 Å². The Balaban J connectivity index is 1.84. The average Bonchev–Trinajstić information content (AvgIpc) is 2.15. The van der Waals surface area contributed by atoms with Gasteiger partial charge in [0.2, 0.25) is 0 Å². The summed E-state index contributed by atoms with van der Waals surface area (Å²) in [5.41, 5.74) is 0. The zero-order chi connectivity index (χ0) is 10.8. The van der Waals surface area contributed by atoms with Crippen LogP contribution in [0.25, 0.3) is 0 Å². The molecular weight excluding hydrogens is 186 g/mol. The topological polar surface area (TPSA) is 29.1 Å². The lowest BCUT2D eigenvalue weighted by Crippen LogP contribution is -2.48. The maximum Gasteiger partial charge on any atom is 0.139 e. The summed E-state index contributed by atoms with van der Waals surface area (Å²) in [4.78, 5) is 12.2. The number of hydrogen-bond acceptors (Lipinski definition) is 2. The molecule has 1 N–H and O–H groups in total. The Hall–Kier alpha value is -0.370. The van der Waals surface area contributed by atoms with Crippen LogP contribution in [-0.2, 0) is 4.79 Å². The van der Waals surface area contributed by atoms with Gasteiger partial charge in [-0.05, 0) is 37.8 Å². The van der Waals surface area contributed by atoms with Gasteiger partial charge in [0.1, 0.15) is 5.78 Å². The van der Waals surface area contributed by atoms with Gasteiger partial charge in [0.25, 0.3) is 0 Å². The lowest BCUT2D eigenvalue weighted by atomic mass is 9.74. The third-order valence-corrected chi connectivity index (χ3v) is 4.39. The highest BCUT2D eigenvalue weighted by atomic mass is 16.1. The molecule has 2 fully saturated rings. The van der Waals surface area contributed by atoms with E-state index in [1.807, 2.05) is 0 Å². The molecule has 1 saturated heterocycles. The first-order chi connectivity index (χ1) is 7.18. The third kappa shape index (κ3) is 2.41. The van der Waals surface area contributed by atoms with Crippen LogP contribution in [0.2, 0.25) is 0 Å². The molecule has 1 aliphatic heterocycles. The van der Waals surface area contributed by atoms with Gasteiger partial charge in [-0.3, -0.25) is 4.79 Å². The van der Waals surface area contributed by atoms with Gasteiger partial charge in [0.15, 0.2) is 0 Å². The van der Waals surface area contributed by atoms with Gasteiger partial charge < -0.3 is 5.32 Å². The Bertz CT molecular complexity index is 227. The Morgan fingerprint density at radius 3 is 2.27 bits per heavy atom. The van der Waals surface area contributed by atoms with Gasteiger partial charge in [-0.25, -0.2) is 0 Å². The molecule has 2 aliphatic rings. The molecule has 1 saturated carbocycles. The Labute approximate surface area is 92.8 Å². The summed E-state index contributed by atoms with van der Waals surface area (Å²) in [6.45, 7) is 6.54. The zero-order valence-electron chi connectivity index (χ0n) is 9.96. The molecule has 0 radical (unpaired) electrons. The number of ketones is 1. The number of hydrogen-bond donors (Lipinski definition) is 1. The highest BCUT2D eigenvalue weighted by molar-refractivity contribution is 5.83. The maximum atomic E-state index is 12.2. The van der Waals surface area contributed by atoms with Crippen LogP contribution >= 0.6 is 0 Å². The van der Waals surface area contributed by atoms with Crippen LogP contribution in [0.5, 0.6) is 0 Å². The van der Waals surface area contributed by atoms with Gasteiger partial charge in [-0.1, -0.05) is 26.7 Å². The fourth-order valence-electron chi connectivity index (χ4n) is 2.81. The van der Waals surface area contributed by atoms with Crippen molar-refractivity contribution in [1.82, 2.24) is 5.32 Å². The first-order valence-electron chi connectivity index (χ1n) is 6.43. The van der Waals surface area contributed by atoms with Crippen molar-refractivity contribution in [2.75, 3.05) is 13.1 Å². The second-order valence-corrected chi connectivity index (χ2v) is 5.57. The normalized spacial score (nSPS) is 34.5. The maximum absolute atomic E-state index is 12.2. The molecule has 1 heterocycles. The van der Waals surface area contributed by atoms with Crippen molar-refractivity contribution in [3.05, 3.63) is 0 Å². The quantitative estimate of drug-likeness (QED) is 0.772. The lowest BCUT2D eigenvalue weighted by molar-refractivity contribution is -0.129. The summed E-state index contributed by atoms with van der Waals surface area (Å²) in [6, 6.07) is 0. The van der Waals surface area contributed by atoms with Crippen LogP contribution in [0.15, 0.2) is 0 Å². The predicted octanol–water partition coefficient (Wildman–Crippen LogP) is 2.24. The van der Waals surface area contributed by atoms with Crippen LogP contribution < -0.4 is 5.32 Å². The van der Waals surface area contributed by atoms with Crippen LogP contribution in [0.4, 0.5) is 0 Å². The Morgan fingerprint density at radius 1 is 1.20 bits per heavy atom. The molecule has 1 aliphatic carbocycles. The fraction of sp³-hybridized carbons (Fsp3) is 0.923. The first-order valence-corrected chi connectivity index (χ1v) is 6.43. The van der Waals surface area contributed by atoms with E-state index in [0.717, 1.165) is 31.8 Å². The monoisotopic (exact) mass is 209 g/mol. The van der Waals surface area contributed by atoms with E-state index in [1.54, 1.807) is 0 Å². The minimum Gasteiger partial charge on any atom is -0.316 e. The van der Waals surface area contributed by atoms with E-state index < -0.39 is 0 Å². The summed E-state index contributed by atoms with van der Waals surface area (Å²) in [5, 5.41) is 3.25. The molecule has 1 atom stereocenters. The van der Waals surface area contributed by atoms with Gasteiger partial charge in [-0.2, -0.15) is 0 Å². The number of rotatable bonds is 3. The van der Waals surface area contributed by atoms with E-state index in [9.17, 15) is 4.79 Å². The molecule has 2 nitrogen and oxygen atoms in total. The van der Waals surface area contributed by atoms with Crippen LogP contribution in [0, 0.1) is 23.7 Å². The molecule has 1 unspecified atom stereocenters. The smallest absolute Gasteiger partial charge is 0.139 e. The minimum absolute atomic E-state index is 0.296. The van der Waals surface area contributed by atoms with Crippen molar-refractivity contribution in [3.8, 4) is 0 Å². The Kier molecular flexibility index (Phi) is 3.45. The van der Waals surface area contributed by atoms with E-state index in [-0.39, 0.29) is 0 Å². The van der Waals surface area contributed by atoms with Gasteiger partial charge in [0.05, 0.1) is 0 Å². The van der Waals surface area contributed by atoms with Gasteiger partial charge in [-0.15, -0.1) is 0 Å². The molecule has 0 amide bonds. The molecule has 86 valence electrons. The molecule has 0 aromatic heterocycles. The number of carbonyl (C=O) groups excluding carboxylic acids is 1. The number of Topliss-reactive ketones (excluding diaryl/α,β-unsaturated/α-hetero) is 1. The molecule has 0 aromatic rings. The SMILES string of the molecule is CC1CCC(C(=O)C(C)C2CNC2)CC1. The molecule has 15 heavy (non-hydrogen) atoms. The van der Waals surface area contributed by atoms with Crippen molar-refractivity contribution >= 4 is 5.78 Å². The summed E-state index contributed by atoms with van der Waals surface area (Å²) in [7, 11) is 0. The van der Waals surface area contributed by atoms with Crippen LogP contribution in [-0.4, -0.2) is 18.9 Å². The van der Waals surface area contributed by atoms with Crippen molar-refractivity contribution in [2.45, 2.75) is 39.5 Å². The highest BCUT2D eigenvalue weighted by Crippen LogP contribution is 2.32. The van der Waals surface area contributed by atoms with Crippen molar-refractivity contribution in [2.24, 2.45) is 23.7 Å². The third-order valence-electron chi connectivity index (χ3n) is 4.39. The van der Waals surface area contributed by atoms with Gasteiger partial charge >= 0.3 is 0 Å². The first kappa shape index (κ1) is 11.1. The second kappa shape index (κ2) is 4.65. The number of nitrogens with one attached hydrogen (secondary N) is 1. The van der Waals surface area contributed by atoms with Crippen molar-refractivity contribution in [3.63, 3.8) is 0 Å². The highest BCUT2D eigenvalue weighted by Gasteiger charge is 2.33. The van der Waals surface area contributed by atoms with Crippen molar-refractivity contribution in [1.29, 1.82) is 0 Å². The molecule has 2 heteroatoms. The second-order valence-electron chi connectivity index (χ2n) is 5.57. The van der Waals surface area contributed by atoms with E-state index in [2.05, 4.69) is 19.2 Å². The van der Waals surface area contributed by atoms with Crippen molar-refractivity contribution < 1.29 is 4.79 Å². The van der Waals surface area contributed by atoms with E-state index in [0.29, 0.717) is 23.5 Å². The lowest BCUT2D eigenvalue weighted by Gasteiger charge is -2.35. The van der Waals surface area contributed by atoms with E-state index >= 15 is 0 Å². The molecule has 0 aromatic carbocycles. The summed E-state index contributed by atoms with van der Waals surface area (Å²) in [5.74, 6) is 2.70. The molecule has 0 spiro atoms. The summed E-state index contributed by atoms with van der Waals surface area (Å²) in [6.07, 6.45) is 4.80. The van der Waals surface area contributed by atoms with Crippen LogP contribution in [0.1, 0.15) is 39.5 Å². The Morgan fingerprint density at radius 2 is 1.80 bits per heavy atom. The summed E-state index contributed by atoms with van der Waals surface area (Å²) >= 11 is 0. The predicted molar refractivity (Wildman–Crippen MR) is 61.7 cm³/mol. The molecular formula is C13H23NO. The average molecular weight is 209 g/mol. The number of carbonyl (C=O) groups is 1. The van der Waals surface area contributed by atoms with E-state index in [1.165, 1.54) is 12.8 Å². The molecule has 2 rings (SSSR count). The van der Waals surface area contributed by atoms with Gasteiger partial charge in [0, 0.05) is 11.8 Å². The van der Waals surface area contributed by atoms with E-state index in [4.69, 9.17) is 0 Å². The summed E-state index contributed by atoms with van der Waals surface area (Å²) < 4.78 is 0. The zero-order valence-corrected chi connectivity index (χ0v) is 9.96. The fourth-order valence-corrected chi connectivity index (χ4v) is 2.81. The largest absolute Gasteiger partial charge is 0.316 e. The minimum atomic E-state index is 0.296. The molecule has 0 bridgehead atoms.